The van der Waals surface area contributed by atoms with Gasteiger partial charge in [-0.15, -0.1) is 0 Å². The first kappa shape index (κ1) is 17.8. The first-order chi connectivity index (χ1) is 11.2. The fraction of sp³-hybridized carbons (Fsp3) is 0.286. The molecule has 0 bridgehead atoms. The summed E-state index contributed by atoms with van der Waals surface area (Å²) in [4.78, 5) is 10.9. The predicted octanol–water partition coefficient (Wildman–Crippen LogP) is 5.25. The van der Waals surface area contributed by atoms with Gasteiger partial charge in [-0.25, -0.2) is 4.79 Å². The van der Waals surface area contributed by atoms with Gasteiger partial charge in [0.15, 0.2) is 0 Å². The topological polar surface area (TPSA) is 46.5 Å². The Balaban J connectivity index is 2.38. The Labute approximate surface area is 143 Å². The van der Waals surface area contributed by atoms with Crippen molar-refractivity contribution >= 4 is 17.6 Å². The average Bonchev–Trinajstić information content (AvgIpc) is 2.53. The normalized spacial score (nSPS) is 12.1. The van der Waals surface area contributed by atoms with Crippen LogP contribution in [0, 0.1) is 0 Å². The van der Waals surface area contributed by atoms with Crippen molar-refractivity contribution in [1.29, 1.82) is 0 Å². The molecule has 2 rings (SSSR count). The van der Waals surface area contributed by atoms with Gasteiger partial charge in [0, 0.05) is 5.56 Å². The van der Waals surface area contributed by atoms with Crippen molar-refractivity contribution in [3.63, 3.8) is 0 Å². The van der Waals surface area contributed by atoms with Crippen molar-refractivity contribution in [2.75, 3.05) is 7.11 Å². The van der Waals surface area contributed by atoms with E-state index >= 15 is 0 Å². The van der Waals surface area contributed by atoms with Crippen LogP contribution in [0.15, 0.2) is 42.5 Å². The fourth-order valence-corrected chi connectivity index (χ4v) is 2.59. The van der Waals surface area contributed by atoms with Gasteiger partial charge >= 0.3 is 5.97 Å². The highest BCUT2D eigenvalue weighted by molar-refractivity contribution is 5.88. The third-order valence-corrected chi connectivity index (χ3v) is 4.00. The molecular formula is C21H24O3. The summed E-state index contributed by atoms with van der Waals surface area (Å²) < 4.78 is 5.49. The van der Waals surface area contributed by atoms with Crippen molar-refractivity contribution in [3.05, 3.63) is 64.7 Å². The van der Waals surface area contributed by atoms with Gasteiger partial charge in [0.25, 0.3) is 0 Å². The summed E-state index contributed by atoms with van der Waals surface area (Å²) in [6, 6.07) is 13.1. The predicted molar refractivity (Wildman–Crippen MR) is 98.6 cm³/mol. The maximum Gasteiger partial charge on any atom is 0.335 e. The molecule has 0 aliphatic carbocycles. The van der Waals surface area contributed by atoms with E-state index in [1.165, 1.54) is 0 Å². The minimum Gasteiger partial charge on any atom is -0.496 e. The van der Waals surface area contributed by atoms with Gasteiger partial charge in [-0.05, 0) is 53.3 Å². The summed E-state index contributed by atoms with van der Waals surface area (Å²) in [6.45, 7) is 8.55. The van der Waals surface area contributed by atoms with Gasteiger partial charge in [-0.1, -0.05) is 45.0 Å². The molecule has 126 valence electrons. The summed E-state index contributed by atoms with van der Waals surface area (Å²) in [5.41, 5.74) is 4.67. The van der Waals surface area contributed by atoms with Crippen LogP contribution in [0.4, 0.5) is 0 Å². The molecule has 1 N–H and O–H groups in total. The van der Waals surface area contributed by atoms with E-state index < -0.39 is 5.97 Å². The summed E-state index contributed by atoms with van der Waals surface area (Å²) >= 11 is 0. The van der Waals surface area contributed by atoms with Gasteiger partial charge in [0.05, 0.1) is 12.7 Å². The molecule has 0 fully saturated rings. The Morgan fingerprint density at radius 1 is 1.04 bits per heavy atom. The van der Waals surface area contributed by atoms with Crippen LogP contribution in [-0.4, -0.2) is 18.2 Å². The van der Waals surface area contributed by atoms with E-state index in [0.717, 1.165) is 28.0 Å². The van der Waals surface area contributed by atoms with Crippen LogP contribution in [0.25, 0.3) is 11.6 Å². The van der Waals surface area contributed by atoms with E-state index in [-0.39, 0.29) is 5.41 Å². The third-order valence-electron chi connectivity index (χ3n) is 4.00. The zero-order chi connectivity index (χ0) is 17.9. The van der Waals surface area contributed by atoms with Crippen molar-refractivity contribution in [2.45, 2.75) is 33.1 Å². The second-order valence-corrected chi connectivity index (χ2v) is 6.92. The molecule has 3 heteroatoms. The molecule has 0 atom stereocenters. The molecular weight excluding hydrogens is 300 g/mol. The Morgan fingerprint density at radius 3 is 2.12 bits per heavy atom. The second kappa shape index (κ2) is 6.91. The lowest BCUT2D eigenvalue weighted by Gasteiger charge is -2.23. The zero-order valence-electron chi connectivity index (χ0n) is 14.9. The molecule has 0 saturated carbocycles. The van der Waals surface area contributed by atoms with E-state index in [4.69, 9.17) is 9.84 Å². The van der Waals surface area contributed by atoms with Gasteiger partial charge < -0.3 is 9.84 Å². The summed E-state index contributed by atoms with van der Waals surface area (Å²) in [5, 5.41) is 8.96. The summed E-state index contributed by atoms with van der Waals surface area (Å²) in [5.74, 6) is -0.0166. The number of methoxy groups -OCH3 is 1. The Kier molecular flexibility index (Phi) is 5.13. The molecule has 2 aromatic carbocycles. The lowest BCUT2D eigenvalue weighted by atomic mass is 9.84. The standard InChI is InChI=1S/C21H24O3/c1-14(12-15-6-8-16(9-7-15)20(22)23)17-10-11-19(24-5)18(13-17)21(2,3)4/h6-13H,1-5H3,(H,22,23)/b14-12+. The van der Waals surface area contributed by atoms with Crippen molar-refractivity contribution in [1.82, 2.24) is 0 Å². The molecule has 0 radical (unpaired) electrons. The highest BCUT2D eigenvalue weighted by Crippen LogP contribution is 2.34. The van der Waals surface area contributed by atoms with Crippen LogP contribution in [0.1, 0.15) is 54.7 Å². The molecule has 0 spiro atoms. The Hall–Kier alpha value is -2.55. The number of benzene rings is 2. The number of carbonyl (C=O) groups is 1. The highest BCUT2D eigenvalue weighted by atomic mass is 16.5. The highest BCUT2D eigenvalue weighted by Gasteiger charge is 2.19. The van der Waals surface area contributed by atoms with Gasteiger partial charge in [0.1, 0.15) is 5.75 Å². The first-order valence-corrected chi connectivity index (χ1v) is 7.93. The fourth-order valence-electron chi connectivity index (χ4n) is 2.59. The number of rotatable bonds is 4. The van der Waals surface area contributed by atoms with Crippen molar-refractivity contribution in [3.8, 4) is 5.75 Å². The first-order valence-electron chi connectivity index (χ1n) is 7.93. The molecule has 0 aliphatic heterocycles. The SMILES string of the molecule is COc1ccc(/C(C)=C/c2ccc(C(=O)O)cc2)cc1C(C)(C)C. The maximum absolute atomic E-state index is 10.9. The number of ether oxygens (including phenoxy) is 1. The molecule has 0 unspecified atom stereocenters. The van der Waals surface area contributed by atoms with Crippen LogP contribution >= 0.6 is 0 Å². The molecule has 24 heavy (non-hydrogen) atoms. The van der Waals surface area contributed by atoms with Crippen LogP contribution in [0.5, 0.6) is 5.75 Å². The smallest absolute Gasteiger partial charge is 0.335 e. The summed E-state index contributed by atoms with van der Waals surface area (Å²) in [7, 11) is 1.69. The van der Waals surface area contributed by atoms with E-state index in [9.17, 15) is 4.79 Å². The molecule has 0 heterocycles. The largest absolute Gasteiger partial charge is 0.496 e. The molecule has 3 nitrogen and oxygen atoms in total. The van der Waals surface area contributed by atoms with Crippen molar-refractivity contribution in [2.24, 2.45) is 0 Å². The number of hydrogen-bond acceptors (Lipinski definition) is 2. The lowest BCUT2D eigenvalue weighted by Crippen LogP contribution is -2.13. The number of allylic oxidation sites excluding steroid dienone is 1. The number of carboxylic acids is 1. The molecule has 0 aliphatic rings. The minimum absolute atomic E-state index is 0.00916. The van der Waals surface area contributed by atoms with E-state index in [2.05, 4.69) is 39.8 Å². The van der Waals surface area contributed by atoms with E-state index in [1.807, 2.05) is 24.3 Å². The molecule has 0 aromatic heterocycles. The van der Waals surface area contributed by atoms with Crippen LogP contribution in [0.3, 0.4) is 0 Å². The van der Waals surface area contributed by atoms with Crippen LogP contribution in [0.2, 0.25) is 0 Å². The monoisotopic (exact) mass is 324 g/mol. The van der Waals surface area contributed by atoms with Crippen molar-refractivity contribution < 1.29 is 14.6 Å². The zero-order valence-corrected chi connectivity index (χ0v) is 14.9. The Morgan fingerprint density at radius 2 is 1.62 bits per heavy atom. The Bertz CT molecular complexity index is 763. The number of aromatic carboxylic acids is 1. The lowest BCUT2D eigenvalue weighted by molar-refractivity contribution is 0.0697. The van der Waals surface area contributed by atoms with Gasteiger partial charge in [-0.3, -0.25) is 0 Å². The van der Waals surface area contributed by atoms with E-state index in [1.54, 1.807) is 19.2 Å². The quantitative estimate of drug-likeness (QED) is 0.781. The maximum atomic E-state index is 10.9. The average molecular weight is 324 g/mol. The minimum atomic E-state index is -0.910. The number of hydrogen-bond donors (Lipinski definition) is 1. The second-order valence-electron chi connectivity index (χ2n) is 6.92. The van der Waals surface area contributed by atoms with Crippen LogP contribution in [-0.2, 0) is 5.41 Å². The molecule has 0 amide bonds. The number of carboxylic acid groups (broad SMARTS) is 1. The van der Waals surface area contributed by atoms with Gasteiger partial charge in [-0.2, -0.15) is 0 Å². The molecule has 0 saturated heterocycles. The van der Waals surface area contributed by atoms with Crippen LogP contribution < -0.4 is 4.74 Å². The van der Waals surface area contributed by atoms with E-state index in [0.29, 0.717) is 5.56 Å². The molecule has 2 aromatic rings. The summed E-state index contributed by atoms with van der Waals surface area (Å²) in [6.07, 6.45) is 2.06. The van der Waals surface area contributed by atoms with Gasteiger partial charge in [0.2, 0.25) is 0 Å². The third kappa shape index (κ3) is 4.05.